The minimum atomic E-state index is -0.318. The predicted molar refractivity (Wildman–Crippen MR) is 94.0 cm³/mol. The highest BCUT2D eigenvalue weighted by atomic mass is 79.9. The van der Waals surface area contributed by atoms with E-state index in [2.05, 4.69) is 21.2 Å². The number of benzene rings is 2. The molecule has 6 heteroatoms. The van der Waals surface area contributed by atoms with E-state index in [0.717, 1.165) is 5.56 Å². The van der Waals surface area contributed by atoms with E-state index in [4.69, 9.17) is 0 Å². The largest absolute Gasteiger partial charge is 0.350 e. The molecule has 0 heterocycles. The van der Waals surface area contributed by atoms with Gasteiger partial charge < -0.3 is 10.2 Å². The molecule has 4 nitrogen and oxygen atoms in total. The Morgan fingerprint density at radius 1 is 1.12 bits per heavy atom. The standard InChI is InChI=1S/C18H18BrFN2O2/c1-2-22(18(24)15-5-3-4-6-16(15)19)12-17(23)21-11-13-7-9-14(20)10-8-13/h3-10H,2,11-12H2,1H3,(H,21,23). The number of rotatable bonds is 6. The summed E-state index contributed by atoms with van der Waals surface area (Å²) in [6.07, 6.45) is 0. The third-order valence-corrected chi connectivity index (χ3v) is 4.20. The van der Waals surface area contributed by atoms with Crippen LogP contribution in [0.4, 0.5) is 4.39 Å². The summed E-state index contributed by atoms with van der Waals surface area (Å²) in [6, 6.07) is 13.0. The van der Waals surface area contributed by atoms with E-state index in [-0.39, 0.29) is 24.2 Å². The van der Waals surface area contributed by atoms with E-state index >= 15 is 0 Å². The molecule has 1 N–H and O–H groups in total. The van der Waals surface area contributed by atoms with E-state index in [1.807, 2.05) is 13.0 Å². The van der Waals surface area contributed by atoms with Crippen LogP contribution in [0, 0.1) is 5.82 Å². The van der Waals surface area contributed by atoms with E-state index in [1.54, 1.807) is 30.3 Å². The molecule has 0 spiro atoms. The van der Waals surface area contributed by atoms with Gasteiger partial charge in [-0.15, -0.1) is 0 Å². The zero-order chi connectivity index (χ0) is 17.5. The molecular weight excluding hydrogens is 375 g/mol. The van der Waals surface area contributed by atoms with Crippen molar-refractivity contribution in [2.45, 2.75) is 13.5 Å². The van der Waals surface area contributed by atoms with Crippen LogP contribution in [0.5, 0.6) is 0 Å². The van der Waals surface area contributed by atoms with Gasteiger partial charge in [0.15, 0.2) is 0 Å². The van der Waals surface area contributed by atoms with Gasteiger partial charge in [0.05, 0.1) is 12.1 Å². The third-order valence-electron chi connectivity index (χ3n) is 3.51. The Morgan fingerprint density at radius 2 is 1.79 bits per heavy atom. The lowest BCUT2D eigenvalue weighted by Gasteiger charge is -2.21. The lowest BCUT2D eigenvalue weighted by atomic mass is 10.2. The number of carbonyl (C=O) groups excluding carboxylic acids is 2. The summed E-state index contributed by atoms with van der Waals surface area (Å²) in [5.74, 6) is -0.787. The fourth-order valence-corrected chi connectivity index (χ4v) is 2.62. The molecule has 2 aromatic carbocycles. The Labute approximate surface area is 148 Å². The van der Waals surface area contributed by atoms with Crippen molar-refractivity contribution in [2.75, 3.05) is 13.1 Å². The summed E-state index contributed by atoms with van der Waals surface area (Å²) >= 11 is 3.35. The summed E-state index contributed by atoms with van der Waals surface area (Å²) < 4.78 is 13.5. The summed E-state index contributed by atoms with van der Waals surface area (Å²) in [6.45, 7) is 2.50. The van der Waals surface area contributed by atoms with Crippen LogP contribution in [0.2, 0.25) is 0 Å². The van der Waals surface area contributed by atoms with E-state index in [0.29, 0.717) is 23.1 Å². The first-order valence-electron chi connectivity index (χ1n) is 7.56. The van der Waals surface area contributed by atoms with Crippen molar-refractivity contribution in [2.24, 2.45) is 0 Å². The average Bonchev–Trinajstić information content (AvgIpc) is 2.59. The van der Waals surface area contributed by atoms with Crippen LogP contribution < -0.4 is 5.32 Å². The molecule has 0 saturated heterocycles. The third kappa shape index (κ3) is 4.89. The average molecular weight is 393 g/mol. The molecule has 0 fully saturated rings. The first-order valence-corrected chi connectivity index (χ1v) is 8.35. The van der Waals surface area contributed by atoms with E-state index in [9.17, 15) is 14.0 Å². The maximum Gasteiger partial charge on any atom is 0.255 e. The van der Waals surface area contributed by atoms with Gasteiger partial charge in [-0.25, -0.2) is 4.39 Å². The molecule has 0 aliphatic heterocycles. The molecule has 0 aromatic heterocycles. The number of nitrogens with one attached hydrogen (secondary N) is 1. The fourth-order valence-electron chi connectivity index (χ4n) is 2.16. The fraction of sp³-hybridized carbons (Fsp3) is 0.222. The summed E-state index contributed by atoms with van der Waals surface area (Å²) in [4.78, 5) is 26.1. The Balaban J connectivity index is 1.94. The van der Waals surface area contributed by atoms with Gasteiger partial charge in [0.25, 0.3) is 5.91 Å². The maximum absolute atomic E-state index is 12.9. The second kappa shape index (κ2) is 8.59. The van der Waals surface area contributed by atoms with Crippen molar-refractivity contribution in [1.82, 2.24) is 10.2 Å². The molecule has 0 aliphatic carbocycles. The second-order valence-electron chi connectivity index (χ2n) is 5.20. The van der Waals surface area contributed by atoms with Gasteiger partial charge in [-0.2, -0.15) is 0 Å². The van der Waals surface area contributed by atoms with Crippen LogP contribution in [-0.4, -0.2) is 29.8 Å². The Kier molecular flexibility index (Phi) is 6.49. The zero-order valence-electron chi connectivity index (χ0n) is 13.3. The summed E-state index contributed by atoms with van der Waals surface area (Å²) in [7, 11) is 0. The highest BCUT2D eigenvalue weighted by molar-refractivity contribution is 9.10. The van der Waals surface area contributed by atoms with Gasteiger partial charge in [-0.05, 0) is 52.7 Å². The molecule has 0 aliphatic rings. The van der Waals surface area contributed by atoms with Gasteiger partial charge >= 0.3 is 0 Å². The zero-order valence-corrected chi connectivity index (χ0v) is 14.8. The quantitative estimate of drug-likeness (QED) is 0.818. The number of carbonyl (C=O) groups is 2. The summed E-state index contributed by atoms with van der Waals surface area (Å²) in [5, 5.41) is 2.74. The number of hydrogen-bond acceptors (Lipinski definition) is 2. The molecule has 0 radical (unpaired) electrons. The van der Waals surface area contributed by atoms with Gasteiger partial charge in [-0.1, -0.05) is 24.3 Å². The first kappa shape index (κ1) is 18.1. The maximum atomic E-state index is 12.9. The highest BCUT2D eigenvalue weighted by Crippen LogP contribution is 2.17. The van der Waals surface area contributed by atoms with Crippen LogP contribution in [0.15, 0.2) is 53.0 Å². The lowest BCUT2D eigenvalue weighted by Crippen LogP contribution is -2.40. The first-order chi connectivity index (χ1) is 11.5. The van der Waals surface area contributed by atoms with Crippen LogP contribution in [-0.2, 0) is 11.3 Å². The number of nitrogens with zero attached hydrogens (tertiary/aromatic N) is 1. The monoisotopic (exact) mass is 392 g/mol. The molecule has 0 saturated carbocycles. The van der Waals surface area contributed by atoms with Crippen molar-refractivity contribution in [3.05, 3.63) is 69.9 Å². The lowest BCUT2D eigenvalue weighted by molar-refractivity contribution is -0.121. The van der Waals surface area contributed by atoms with E-state index < -0.39 is 0 Å². The van der Waals surface area contributed by atoms with Crippen LogP contribution >= 0.6 is 15.9 Å². The van der Waals surface area contributed by atoms with Gasteiger partial charge in [0.2, 0.25) is 5.91 Å². The normalized spacial score (nSPS) is 10.3. The van der Waals surface area contributed by atoms with Crippen LogP contribution in [0.3, 0.4) is 0 Å². The molecular formula is C18H18BrFN2O2. The Hall–Kier alpha value is -2.21. The van der Waals surface area contributed by atoms with Crippen molar-refractivity contribution in [3.63, 3.8) is 0 Å². The van der Waals surface area contributed by atoms with Gasteiger partial charge in [0.1, 0.15) is 5.82 Å². The summed E-state index contributed by atoms with van der Waals surface area (Å²) in [5.41, 5.74) is 1.32. The molecule has 2 amide bonds. The highest BCUT2D eigenvalue weighted by Gasteiger charge is 2.19. The van der Waals surface area contributed by atoms with Gasteiger partial charge in [-0.3, -0.25) is 9.59 Å². The molecule has 0 unspecified atom stereocenters. The second-order valence-corrected chi connectivity index (χ2v) is 6.06. The molecule has 24 heavy (non-hydrogen) atoms. The minimum absolute atomic E-state index is 0.0299. The number of halogens is 2. The van der Waals surface area contributed by atoms with Crippen molar-refractivity contribution >= 4 is 27.7 Å². The van der Waals surface area contributed by atoms with Crippen molar-refractivity contribution in [3.8, 4) is 0 Å². The van der Waals surface area contributed by atoms with E-state index in [1.165, 1.54) is 17.0 Å². The van der Waals surface area contributed by atoms with Crippen molar-refractivity contribution < 1.29 is 14.0 Å². The minimum Gasteiger partial charge on any atom is -0.350 e. The molecule has 0 bridgehead atoms. The number of amides is 2. The molecule has 2 aromatic rings. The smallest absolute Gasteiger partial charge is 0.255 e. The van der Waals surface area contributed by atoms with Crippen LogP contribution in [0.1, 0.15) is 22.8 Å². The molecule has 2 rings (SSSR count). The SMILES string of the molecule is CCN(CC(=O)NCc1ccc(F)cc1)C(=O)c1ccccc1Br. The van der Waals surface area contributed by atoms with Crippen molar-refractivity contribution in [1.29, 1.82) is 0 Å². The van der Waals surface area contributed by atoms with Gasteiger partial charge in [0, 0.05) is 17.6 Å². The molecule has 126 valence electrons. The molecule has 0 atom stereocenters. The Morgan fingerprint density at radius 3 is 2.42 bits per heavy atom. The van der Waals surface area contributed by atoms with Crippen LogP contribution in [0.25, 0.3) is 0 Å². The number of hydrogen-bond donors (Lipinski definition) is 1. The number of likely N-dealkylation sites (N-methyl/N-ethyl adjacent to an activating group) is 1. The predicted octanol–water partition coefficient (Wildman–Crippen LogP) is 3.37. The topological polar surface area (TPSA) is 49.4 Å². The Bertz CT molecular complexity index is 719.